The fraction of sp³-hybridized carbons (Fsp3) is 0.312. The first kappa shape index (κ1) is 12.0. The third kappa shape index (κ3) is 3.25. The van der Waals surface area contributed by atoms with E-state index in [-0.39, 0.29) is 5.78 Å². The van der Waals surface area contributed by atoms with Crippen LogP contribution in [0, 0.1) is 0 Å². The summed E-state index contributed by atoms with van der Waals surface area (Å²) in [6.07, 6.45) is 5.42. The second-order valence-electron chi connectivity index (χ2n) is 4.84. The molecule has 0 spiro atoms. The van der Waals surface area contributed by atoms with Crippen LogP contribution in [0.4, 0.5) is 0 Å². The monoisotopic (exact) mass is 256 g/mol. The summed E-state index contributed by atoms with van der Waals surface area (Å²) in [5.41, 5.74) is 0.731. The molecule has 0 atom stereocenters. The molecule has 1 aromatic heterocycles. The van der Waals surface area contributed by atoms with E-state index in [0.717, 1.165) is 29.9 Å². The van der Waals surface area contributed by atoms with E-state index in [4.69, 9.17) is 9.15 Å². The molecule has 19 heavy (non-hydrogen) atoms. The third-order valence-electron chi connectivity index (χ3n) is 3.18. The minimum atomic E-state index is 0.134. The minimum absolute atomic E-state index is 0.134. The highest BCUT2D eigenvalue weighted by atomic mass is 16.5. The van der Waals surface area contributed by atoms with Gasteiger partial charge >= 0.3 is 0 Å². The van der Waals surface area contributed by atoms with E-state index in [2.05, 4.69) is 0 Å². The first-order valence-corrected chi connectivity index (χ1v) is 6.63. The lowest BCUT2D eigenvalue weighted by atomic mass is 10.1. The summed E-state index contributed by atoms with van der Waals surface area (Å²) in [5.74, 6) is 1.83. The number of carbonyl (C=O) groups is 1. The number of hydrogen-bond donors (Lipinski definition) is 0. The van der Waals surface area contributed by atoms with Crippen LogP contribution in [-0.2, 0) is 6.42 Å². The maximum absolute atomic E-state index is 12.0. The Morgan fingerprint density at radius 2 is 2.00 bits per heavy atom. The summed E-state index contributed by atoms with van der Waals surface area (Å²) < 4.78 is 10.9. The molecular formula is C16H16O3. The SMILES string of the molecule is O=C(CCc1ccco1)c1ccc(OC2CC2)cc1. The van der Waals surface area contributed by atoms with Crippen molar-refractivity contribution in [1.82, 2.24) is 0 Å². The Balaban J connectivity index is 1.56. The van der Waals surface area contributed by atoms with Gasteiger partial charge < -0.3 is 9.15 Å². The number of hydrogen-bond acceptors (Lipinski definition) is 3. The molecule has 1 saturated carbocycles. The topological polar surface area (TPSA) is 39.4 Å². The molecule has 0 unspecified atom stereocenters. The highest BCUT2D eigenvalue weighted by Crippen LogP contribution is 2.26. The predicted molar refractivity (Wildman–Crippen MR) is 71.5 cm³/mol. The van der Waals surface area contributed by atoms with Crippen molar-refractivity contribution < 1.29 is 13.9 Å². The van der Waals surface area contributed by atoms with Crippen molar-refractivity contribution in [2.75, 3.05) is 0 Å². The van der Waals surface area contributed by atoms with E-state index in [9.17, 15) is 4.79 Å². The Morgan fingerprint density at radius 3 is 2.63 bits per heavy atom. The van der Waals surface area contributed by atoms with E-state index in [0.29, 0.717) is 18.9 Å². The van der Waals surface area contributed by atoms with Crippen LogP contribution in [0.3, 0.4) is 0 Å². The lowest BCUT2D eigenvalue weighted by Gasteiger charge is -2.05. The zero-order valence-electron chi connectivity index (χ0n) is 10.7. The lowest BCUT2D eigenvalue weighted by Crippen LogP contribution is -2.01. The van der Waals surface area contributed by atoms with Gasteiger partial charge in [0, 0.05) is 18.4 Å². The maximum Gasteiger partial charge on any atom is 0.163 e. The molecule has 0 aliphatic heterocycles. The molecule has 1 fully saturated rings. The molecule has 3 heteroatoms. The van der Waals surface area contributed by atoms with Gasteiger partial charge in [0.25, 0.3) is 0 Å². The third-order valence-corrected chi connectivity index (χ3v) is 3.18. The molecule has 1 aromatic carbocycles. The van der Waals surface area contributed by atoms with E-state index < -0.39 is 0 Å². The van der Waals surface area contributed by atoms with Gasteiger partial charge in [0.1, 0.15) is 11.5 Å². The van der Waals surface area contributed by atoms with Crippen LogP contribution in [0.15, 0.2) is 47.1 Å². The van der Waals surface area contributed by atoms with Gasteiger partial charge in [-0.15, -0.1) is 0 Å². The molecule has 1 aliphatic rings. The number of ketones is 1. The number of carbonyl (C=O) groups excluding carboxylic acids is 1. The second kappa shape index (κ2) is 5.31. The Morgan fingerprint density at radius 1 is 1.21 bits per heavy atom. The number of aryl methyl sites for hydroxylation is 1. The Labute approximate surface area is 112 Å². The Bertz CT molecular complexity index is 536. The average Bonchev–Trinajstić information content (AvgIpc) is 3.09. The van der Waals surface area contributed by atoms with Crippen molar-refractivity contribution in [2.45, 2.75) is 31.8 Å². The van der Waals surface area contributed by atoms with Crippen molar-refractivity contribution >= 4 is 5.78 Å². The average molecular weight is 256 g/mol. The van der Waals surface area contributed by atoms with Gasteiger partial charge in [-0.3, -0.25) is 4.79 Å². The number of Topliss-reactive ketones (excluding diaryl/α,β-unsaturated/α-hetero) is 1. The van der Waals surface area contributed by atoms with Crippen LogP contribution in [0.25, 0.3) is 0 Å². The molecule has 1 heterocycles. The van der Waals surface area contributed by atoms with Gasteiger partial charge in [0.2, 0.25) is 0 Å². The highest BCUT2D eigenvalue weighted by Gasteiger charge is 2.23. The van der Waals surface area contributed by atoms with Crippen molar-refractivity contribution in [3.05, 3.63) is 54.0 Å². The van der Waals surface area contributed by atoms with Crippen molar-refractivity contribution in [1.29, 1.82) is 0 Å². The summed E-state index contributed by atoms with van der Waals surface area (Å²) in [5, 5.41) is 0. The van der Waals surface area contributed by atoms with Crippen LogP contribution in [0.1, 0.15) is 35.4 Å². The van der Waals surface area contributed by atoms with Crippen LogP contribution in [0.5, 0.6) is 5.75 Å². The van der Waals surface area contributed by atoms with Crippen molar-refractivity contribution in [2.24, 2.45) is 0 Å². The van der Waals surface area contributed by atoms with Crippen LogP contribution < -0.4 is 4.74 Å². The van der Waals surface area contributed by atoms with Crippen molar-refractivity contribution in [3.8, 4) is 5.75 Å². The van der Waals surface area contributed by atoms with Crippen LogP contribution in [-0.4, -0.2) is 11.9 Å². The largest absolute Gasteiger partial charge is 0.490 e. The molecule has 0 bridgehead atoms. The Hall–Kier alpha value is -2.03. The van der Waals surface area contributed by atoms with Gasteiger partial charge in [-0.25, -0.2) is 0 Å². The minimum Gasteiger partial charge on any atom is -0.490 e. The number of furan rings is 1. The molecule has 98 valence electrons. The molecule has 1 aliphatic carbocycles. The van der Waals surface area contributed by atoms with Crippen LogP contribution >= 0.6 is 0 Å². The molecule has 3 nitrogen and oxygen atoms in total. The molecular weight excluding hydrogens is 240 g/mol. The van der Waals surface area contributed by atoms with Gasteiger partial charge in [-0.1, -0.05) is 0 Å². The summed E-state index contributed by atoms with van der Waals surface area (Å²) in [7, 11) is 0. The zero-order valence-corrected chi connectivity index (χ0v) is 10.7. The number of ether oxygens (including phenoxy) is 1. The summed E-state index contributed by atoms with van der Waals surface area (Å²) >= 11 is 0. The summed E-state index contributed by atoms with van der Waals surface area (Å²) in [6.45, 7) is 0. The fourth-order valence-electron chi connectivity index (χ4n) is 1.93. The lowest BCUT2D eigenvalue weighted by molar-refractivity contribution is 0.0981. The van der Waals surface area contributed by atoms with Gasteiger partial charge in [0.15, 0.2) is 5.78 Å². The molecule has 0 saturated heterocycles. The number of benzene rings is 1. The van der Waals surface area contributed by atoms with E-state index in [1.807, 2.05) is 36.4 Å². The maximum atomic E-state index is 12.0. The molecule has 0 N–H and O–H groups in total. The quantitative estimate of drug-likeness (QED) is 0.741. The van der Waals surface area contributed by atoms with Crippen LogP contribution in [0.2, 0.25) is 0 Å². The smallest absolute Gasteiger partial charge is 0.163 e. The number of rotatable bonds is 6. The fourth-order valence-corrected chi connectivity index (χ4v) is 1.93. The summed E-state index contributed by atoms with van der Waals surface area (Å²) in [6, 6.07) is 11.1. The van der Waals surface area contributed by atoms with E-state index >= 15 is 0 Å². The first-order chi connectivity index (χ1) is 9.31. The standard InChI is InChI=1S/C16H16O3/c17-16(10-9-13-2-1-11-18-13)12-3-5-14(6-4-12)19-15-7-8-15/h1-6,11,15H,7-10H2. The highest BCUT2D eigenvalue weighted by molar-refractivity contribution is 5.96. The molecule has 0 radical (unpaired) electrons. The normalized spacial score (nSPS) is 14.3. The van der Waals surface area contributed by atoms with E-state index in [1.165, 1.54) is 0 Å². The molecule has 2 aromatic rings. The zero-order chi connectivity index (χ0) is 13.1. The van der Waals surface area contributed by atoms with Gasteiger partial charge in [0.05, 0.1) is 12.4 Å². The Kier molecular flexibility index (Phi) is 3.36. The molecule has 3 rings (SSSR count). The predicted octanol–water partition coefficient (Wildman–Crippen LogP) is 3.64. The summed E-state index contributed by atoms with van der Waals surface area (Å²) in [4.78, 5) is 12.0. The molecule has 0 amide bonds. The first-order valence-electron chi connectivity index (χ1n) is 6.63. The second-order valence-corrected chi connectivity index (χ2v) is 4.84. The van der Waals surface area contributed by atoms with Gasteiger partial charge in [-0.2, -0.15) is 0 Å². The van der Waals surface area contributed by atoms with Crippen molar-refractivity contribution in [3.63, 3.8) is 0 Å². The van der Waals surface area contributed by atoms with Gasteiger partial charge in [-0.05, 0) is 49.2 Å². The van der Waals surface area contributed by atoms with E-state index in [1.54, 1.807) is 6.26 Å².